The second kappa shape index (κ2) is 8.53. The summed E-state index contributed by atoms with van der Waals surface area (Å²) in [5.41, 5.74) is 7.18. The van der Waals surface area contributed by atoms with Crippen LogP contribution in [0.4, 0.5) is 0 Å². The average molecular weight is 444 g/mol. The maximum absolute atomic E-state index is 5.81. The number of rotatable bonds is 6. The Morgan fingerprint density at radius 3 is 2.82 bits per heavy atom. The number of likely N-dealkylation sites (tertiary alicyclic amines) is 1. The molecule has 0 radical (unpaired) electrons. The fourth-order valence-corrected chi connectivity index (χ4v) is 4.75. The van der Waals surface area contributed by atoms with E-state index in [0.29, 0.717) is 12.5 Å². The highest BCUT2D eigenvalue weighted by molar-refractivity contribution is 9.10. The first kappa shape index (κ1) is 19.3. The van der Waals surface area contributed by atoms with Crippen molar-refractivity contribution in [2.75, 3.05) is 26.8 Å². The molecule has 2 unspecified atom stereocenters. The number of hydrogen-bond donors (Lipinski definition) is 1. The number of halogens is 1. The smallest absolute Gasteiger partial charge is 0.174 e. The molecule has 148 valence electrons. The second-order valence-corrected chi connectivity index (χ2v) is 8.11. The van der Waals surface area contributed by atoms with Gasteiger partial charge >= 0.3 is 0 Å². The Morgan fingerprint density at radius 1 is 1.25 bits per heavy atom. The lowest BCUT2D eigenvalue weighted by Crippen LogP contribution is -2.41. The Kier molecular flexibility index (Phi) is 5.87. The lowest BCUT2D eigenvalue weighted by molar-refractivity contribution is 0.220. The first-order chi connectivity index (χ1) is 13.7. The standard InChI is InChI=1S/C22H26BrN3O2/c1-3-28-20-12-16(11-18(23)22(20)27-2)21-17-14-26(10-9-19(17)24-25-21)13-15-7-5-4-6-8-15/h4-8,11-12,17,21,25H,3,9-10,13-14H2,1-2H3. The Balaban J connectivity index is 1.55. The number of nitrogens with zero attached hydrogens (tertiary/aromatic N) is 2. The molecule has 4 rings (SSSR count). The molecule has 1 N–H and O–H groups in total. The number of benzene rings is 2. The summed E-state index contributed by atoms with van der Waals surface area (Å²) >= 11 is 3.64. The fourth-order valence-electron chi connectivity index (χ4n) is 4.13. The van der Waals surface area contributed by atoms with Crippen molar-refractivity contribution in [1.82, 2.24) is 10.3 Å². The van der Waals surface area contributed by atoms with Crippen LogP contribution in [-0.2, 0) is 6.54 Å². The van der Waals surface area contributed by atoms with Crippen LogP contribution >= 0.6 is 15.9 Å². The molecule has 6 heteroatoms. The number of nitrogens with one attached hydrogen (secondary N) is 1. The largest absolute Gasteiger partial charge is 0.492 e. The highest BCUT2D eigenvalue weighted by Crippen LogP contribution is 2.41. The van der Waals surface area contributed by atoms with Gasteiger partial charge in [0.2, 0.25) is 0 Å². The first-order valence-electron chi connectivity index (χ1n) is 9.78. The third-order valence-corrected chi connectivity index (χ3v) is 6.05. The van der Waals surface area contributed by atoms with E-state index >= 15 is 0 Å². The molecular weight excluding hydrogens is 418 g/mol. The van der Waals surface area contributed by atoms with E-state index in [2.05, 4.69) is 73.8 Å². The molecular formula is C22H26BrN3O2. The molecule has 0 spiro atoms. The van der Waals surface area contributed by atoms with E-state index < -0.39 is 0 Å². The van der Waals surface area contributed by atoms with E-state index in [9.17, 15) is 0 Å². The number of fused-ring (bicyclic) bond motifs is 1. The topological polar surface area (TPSA) is 46.1 Å². The van der Waals surface area contributed by atoms with Crippen molar-refractivity contribution in [3.8, 4) is 11.5 Å². The van der Waals surface area contributed by atoms with Crippen molar-refractivity contribution < 1.29 is 9.47 Å². The predicted molar refractivity (Wildman–Crippen MR) is 115 cm³/mol. The summed E-state index contributed by atoms with van der Waals surface area (Å²) in [7, 11) is 1.67. The zero-order valence-corrected chi connectivity index (χ0v) is 17.9. The third-order valence-electron chi connectivity index (χ3n) is 5.46. The first-order valence-corrected chi connectivity index (χ1v) is 10.6. The summed E-state index contributed by atoms with van der Waals surface area (Å²) in [5.74, 6) is 1.87. The number of hydrazone groups is 1. The van der Waals surface area contributed by atoms with Crippen LogP contribution in [0.25, 0.3) is 0 Å². The van der Waals surface area contributed by atoms with Gasteiger partial charge in [-0.2, -0.15) is 5.10 Å². The lowest BCUT2D eigenvalue weighted by atomic mass is 9.86. The molecule has 0 saturated carbocycles. The summed E-state index contributed by atoms with van der Waals surface area (Å²) in [5, 5.41) is 4.66. The molecule has 0 amide bonds. The molecule has 5 nitrogen and oxygen atoms in total. The molecule has 2 heterocycles. The third kappa shape index (κ3) is 3.89. The highest BCUT2D eigenvalue weighted by Gasteiger charge is 2.37. The van der Waals surface area contributed by atoms with E-state index in [1.54, 1.807) is 7.11 Å². The normalized spacial score (nSPS) is 21.6. The summed E-state index contributed by atoms with van der Waals surface area (Å²) in [6.45, 7) is 5.61. The molecule has 2 aliphatic heterocycles. The number of hydrogen-bond acceptors (Lipinski definition) is 5. The van der Waals surface area contributed by atoms with Crippen molar-refractivity contribution in [3.05, 3.63) is 58.1 Å². The van der Waals surface area contributed by atoms with Crippen molar-refractivity contribution >= 4 is 21.6 Å². The molecule has 0 aliphatic carbocycles. The van der Waals surface area contributed by atoms with Crippen molar-refractivity contribution in [1.29, 1.82) is 0 Å². The molecule has 0 aromatic heterocycles. The van der Waals surface area contributed by atoms with E-state index in [1.165, 1.54) is 16.8 Å². The number of piperidine rings is 1. The maximum atomic E-state index is 5.81. The van der Waals surface area contributed by atoms with Gasteiger partial charge in [0.25, 0.3) is 0 Å². The van der Waals surface area contributed by atoms with Gasteiger partial charge in [0.15, 0.2) is 11.5 Å². The number of ether oxygens (including phenoxy) is 2. The van der Waals surface area contributed by atoms with Crippen molar-refractivity contribution in [2.24, 2.45) is 11.0 Å². The minimum atomic E-state index is 0.148. The fraction of sp³-hybridized carbons (Fsp3) is 0.409. The van der Waals surface area contributed by atoms with Crippen LogP contribution in [0.5, 0.6) is 11.5 Å². The SMILES string of the molecule is CCOc1cc(C2NN=C3CCN(Cc4ccccc4)CC32)cc(Br)c1OC. The van der Waals surface area contributed by atoms with Crippen LogP contribution in [0, 0.1) is 5.92 Å². The molecule has 28 heavy (non-hydrogen) atoms. The van der Waals surface area contributed by atoms with Crippen molar-refractivity contribution in [2.45, 2.75) is 25.9 Å². The minimum Gasteiger partial charge on any atom is -0.492 e. The monoisotopic (exact) mass is 443 g/mol. The molecule has 2 aromatic carbocycles. The Bertz CT molecular complexity index is 856. The van der Waals surface area contributed by atoms with Gasteiger partial charge in [0.1, 0.15) is 0 Å². The average Bonchev–Trinajstić information content (AvgIpc) is 3.12. The zero-order chi connectivity index (χ0) is 19.5. The van der Waals surface area contributed by atoms with Crippen LogP contribution in [0.2, 0.25) is 0 Å². The van der Waals surface area contributed by atoms with Crippen LogP contribution < -0.4 is 14.9 Å². The summed E-state index contributed by atoms with van der Waals surface area (Å²) in [6, 6.07) is 15.0. The van der Waals surface area contributed by atoms with E-state index in [-0.39, 0.29) is 6.04 Å². The Hall–Kier alpha value is -2.05. The van der Waals surface area contributed by atoms with E-state index in [1.807, 2.05) is 6.92 Å². The molecule has 2 aliphatic rings. The molecule has 1 saturated heterocycles. The van der Waals surface area contributed by atoms with E-state index in [0.717, 1.165) is 42.0 Å². The van der Waals surface area contributed by atoms with E-state index in [4.69, 9.17) is 9.47 Å². The van der Waals surface area contributed by atoms with Gasteiger partial charge < -0.3 is 14.9 Å². The van der Waals surface area contributed by atoms with Crippen LogP contribution in [0.1, 0.15) is 30.5 Å². The highest BCUT2D eigenvalue weighted by atomic mass is 79.9. The van der Waals surface area contributed by atoms with Crippen molar-refractivity contribution in [3.63, 3.8) is 0 Å². The van der Waals surface area contributed by atoms with Gasteiger partial charge in [0.05, 0.1) is 24.2 Å². The number of methoxy groups -OCH3 is 1. The van der Waals surface area contributed by atoms with Crippen LogP contribution in [0.3, 0.4) is 0 Å². The van der Waals surface area contributed by atoms with Gasteiger partial charge in [-0.3, -0.25) is 4.90 Å². The maximum Gasteiger partial charge on any atom is 0.174 e. The van der Waals surface area contributed by atoms with Gasteiger partial charge in [-0.15, -0.1) is 0 Å². The second-order valence-electron chi connectivity index (χ2n) is 7.25. The molecule has 2 atom stereocenters. The molecule has 1 fully saturated rings. The Labute approximate surface area is 174 Å². The van der Waals surface area contributed by atoms with Gasteiger partial charge in [-0.05, 0) is 46.1 Å². The summed E-state index contributed by atoms with van der Waals surface area (Å²) in [6.07, 6.45) is 1.01. The summed E-state index contributed by atoms with van der Waals surface area (Å²) < 4.78 is 12.2. The van der Waals surface area contributed by atoms with Gasteiger partial charge in [-0.25, -0.2) is 0 Å². The molecule has 2 aromatic rings. The predicted octanol–water partition coefficient (Wildman–Crippen LogP) is 4.38. The quantitative estimate of drug-likeness (QED) is 0.719. The van der Waals surface area contributed by atoms with Gasteiger partial charge in [-0.1, -0.05) is 30.3 Å². The Morgan fingerprint density at radius 2 is 2.07 bits per heavy atom. The van der Waals surface area contributed by atoms with Crippen LogP contribution in [0.15, 0.2) is 52.0 Å². The lowest BCUT2D eigenvalue weighted by Gasteiger charge is -2.33. The minimum absolute atomic E-state index is 0.148. The molecule has 0 bridgehead atoms. The summed E-state index contributed by atoms with van der Waals surface area (Å²) in [4.78, 5) is 2.53. The zero-order valence-electron chi connectivity index (χ0n) is 16.3. The van der Waals surface area contributed by atoms with Gasteiger partial charge in [0, 0.05) is 37.7 Å². The van der Waals surface area contributed by atoms with Crippen LogP contribution in [-0.4, -0.2) is 37.4 Å².